The molecule has 0 atom stereocenters. The molecule has 2 aliphatic rings. The second kappa shape index (κ2) is 5.52. The minimum atomic E-state index is -0.702. The van der Waals surface area contributed by atoms with Crippen molar-refractivity contribution in [3.63, 3.8) is 0 Å². The third-order valence-electron chi connectivity index (χ3n) is 4.13. The summed E-state index contributed by atoms with van der Waals surface area (Å²) >= 11 is 0. The van der Waals surface area contributed by atoms with Crippen molar-refractivity contribution in [3.05, 3.63) is 0 Å². The summed E-state index contributed by atoms with van der Waals surface area (Å²) in [5.74, 6) is 0.0842. The molecule has 0 aromatic carbocycles. The molecule has 1 amide bonds. The number of rotatable bonds is 4. The number of carboxylic acids is 1. The van der Waals surface area contributed by atoms with Crippen molar-refractivity contribution < 1.29 is 14.7 Å². The molecule has 2 fully saturated rings. The molecule has 2 aliphatic carbocycles. The largest absolute Gasteiger partial charge is 0.481 e. The zero-order valence-electron chi connectivity index (χ0n) is 10.2. The molecular weight excluding hydrogens is 218 g/mol. The van der Waals surface area contributed by atoms with Crippen LogP contribution < -0.4 is 5.32 Å². The van der Waals surface area contributed by atoms with Crippen molar-refractivity contribution in [2.24, 2.45) is 11.8 Å². The molecule has 0 spiro atoms. The maximum absolute atomic E-state index is 11.7. The summed E-state index contributed by atoms with van der Waals surface area (Å²) < 4.78 is 0. The Labute approximate surface area is 102 Å². The van der Waals surface area contributed by atoms with Crippen molar-refractivity contribution >= 4 is 11.9 Å². The molecule has 4 nitrogen and oxygen atoms in total. The Morgan fingerprint density at radius 3 is 2.18 bits per heavy atom. The van der Waals surface area contributed by atoms with Gasteiger partial charge in [-0.2, -0.15) is 0 Å². The molecule has 17 heavy (non-hydrogen) atoms. The van der Waals surface area contributed by atoms with E-state index in [0.717, 1.165) is 38.5 Å². The molecule has 0 saturated heterocycles. The second-order valence-corrected chi connectivity index (χ2v) is 5.45. The predicted octanol–water partition coefficient (Wildman–Crippen LogP) is 1.94. The Balaban J connectivity index is 1.68. The summed E-state index contributed by atoms with van der Waals surface area (Å²) in [6.07, 6.45) is 7.30. The van der Waals surface area contributed by atoms with Gasteiger partial charge in [0.1, 0.15) is 0 Å². The van der Waals surface area contributed by atoms with Gasteiger partial charge in [-0.3, -0.25) is 9.59 Å². The minimum Gasteiger partial charge on any atom is -0.481 e. The van der Waals surface area contributed by atoms with E-state index in [-0.39, 0.29) is 24.3 Å². The first-order valence-electron chi connectivity index (χ1n) is 6.67. The van der Waals surface area contributed by atoms with Crippen molar-refractivity contribution in [3.8, 4) is 0 Å². The Hall–Kier alpha value is -1.06. The molecule has 0 heterocycles. The zero-order chi connectivity index (χ0) is 12.3. The molecule has 0 aliphatic heterocycles. The van der Waals surface area contributed by atoms with Gasteiger partial charge in [-0.25, -0.2) is 0 Å². The summed E-state index contributed by atoms with van der Waals surface area (Å²) in [5.41, 5.74) is 0. The monoisotopic (exact) mass is 239 g/mol. The van der Waals surface area contributed by atoms with Gasteiger partial charge in [0.25, 0.3) is 0 Å². The first kappa shape index (κ1) is 12.4. The van der Waals surface area contributed by atoms with E-state index in [1.54, 1.807) is 0 Å². The highest BCUT2D eigenvalue weighted by atomic mass is 16.4. The number of aliphatic carboxylic acids is 1. The predicted molar refractivity (Wildman–Crippen MR) is 63.5 cm³/mol. The van der Waals surface area contributed by atoms with E-state index in [9.17, 15) is 9.59 Å². The Morgan fingerprint density at radius 1 is 1.06 bits per heavy atom. The lowest BCUT2D eigenvalue weighted by Gasteiger charge is -2.31. The van der Waals surface area contributed by atoms with Crippen LogP contribution in [0.1, 0.15) is 51.4 Å². The first-order valence-corrected chi connectivity index (χ1v) is 6.67. The number of carbonyl (C=O) groups excluding carboxylic acids is 1. The summed E-state index contributed by atoms with van der Waals surface area (Å²) in [4.78, 5) is 22.3. The lowest BCUT2D eigenvalue weighted by atomic mass is 9.82. The second-order valence-electron chi connectivity index (χ2n) is 5.45. The van der Waals surface area contributed by atoms with E-state index in [1.165, 1.54) is 6.42 Å². The average Bonchev–Trinajstić information content (AvgIpc) is 2.17. The Bertz CT molecular complexity index is 291. The van der Waals surface area contributed by atoms with Gasteiger partial charge in [0.05, 0.1) is 0 Å². The molecule has 0 bridgehead atoms. The zero-order valence-corrected chi connectivity index (χ0v) is 10.2. The third kappa shape index (κ3) is 3.45. The number of carbonyl (C=O) groups is 2. The molecule has 2 rings (SSSR count). The molecule has 2 saturated carbocycles. The van der Waals surface area contributed by atoms with Crippen LogP contribution in [0.5, 0.6) is 0 Å². The maximum atomic E-state index is 11.7. The number of hydrogen-bond donors (Lipinski definition) is 2. The minimum absolute atomic E-state index is 0.220. The fourth-order valence-electron chi connectivity index (χ4n) is 2.75. The maximum Gasteiger partial charge on any atom is 0.303 e. The van der Waals surface area contributed by atoms with Crippen molar-refractivity contribution in [2.45, 2.75) is 57.4 Å². The lowest BCUT2D eigenvalue weighted by molar-refractivity contribution is -0.138. The molecular formula is C13H21NO3. The van der Waals surface area contributed by atoms with E-state index in [1.807, 2.05) is 0 Å². The van der Waals surface area contributed by atoms with Crippen LogP contribution in [0.2, 0.25) is 0 Å². The van der Waals surface area contributed by atoms with E-state index < -0.39 is 5.97 Å². The van der Waals surface area contributed by atoms with Gasteiger partial charge < -0.3 is 10.4 Å². The molecule has 2 N–H and O–H groups in total. The molecule has 4 heteroatoms. The summed E-state index contributed by atoms with van der Waals surface area (Å²) in [7, 11) is 0. The van der Waals surface area contributed by atoms with Crippen molar-refractivity contribution in [1.82, 2.24) is 5.32 Å². The van der Waals surface area contributed by atoms with Gasteiger partial charge in [0.2, 0.25) is 5.91 Å². The standard InChI is InChI=1S/C13H21NO3/c15-12(16)8-9-4-6-11(7-5-9)14-13(17)10-2-1-3-10/h9-11H,1-8H2,(H,14,17)(H,15,16). The van der Waals surface area contributed by atoms with Crippen LogP contribution in [0.15, 0.2) is 0 Å². The van der Waals surface area contributed by atoms with E-state index in [4.69, 9.17) is 5.11 Å². The molecule has 0 unspecified atom stereocenters. The highest BCUT2D eigenvalue weighted by molar-refractivity contribution is 5.79. The first-order chi connectivity index (χ1) is 8.15. The smallest absolute Gasteiger partial charge is 0.303 e. The Kier molecular flexibility index (Phi) is 4.02. The highest BCUT2D eigenvalue weighted by Crippen LogP contribution is 2.29. The van der Waals surface area contributed by atoms with Gasteiger partial charge >= 0.3 is 5.97 Å². The summed E-state index contributed by atoms with van der Waals surface area (Å²) in [5, 5.41) is 11.8. The van der Waals surface area contributed by atoms with Crippen LogP contribution in [-0.4, -0.2) is 23.0 Å². The van der Waals surface area contributed by atoms with E-state index >= 15 is 0 Å². The van der Waals surface area contributed by atoms with Gasteiger partial charge in [-0.05, 0) is 44.4 Å². The van der Waals surface area contributed by atoms with Crippen LogP contribution in [0.4, 0.5) is 0 Å². The van der Waals surface area contributed by atoms with E-state index in [2.05, 4.69) is 5.32 Å². The van der Waals surface area contributed by atoms with Crippen LogP contribution in [-0.2, 0) is 9.59 Å². The number of carboxylic acid groups (broad SMARTS) is 1. The van der Waals surface area contributed by atoms with Crippen molar-refractivity contribution in [1.29, 1.82) is 0 Å². The van der Waals surface area contributed by atoms with Crippen molar-refractivity contribution in [2.75, 3.05) is 0 Å². The van der Waals surface area contributed by atoms with Gasteiger partial charge in [0.15, 0.2) is 0 Å². The normalized spacial score (nSPS) is 29.4. The fraction of sp³-hybridized carbons (Fsp3) is 0.846. The lowest BCUT2D eigenvalue weighted by Crippen LogP contribution is -2.42. The highest BCUT2D eigenvalue weighted by Gasteiger charge is 2.29. The summed E-state index contributed by atoms with van der Waals surface area (Å²) in [6, 6.07) is 0.285. The molecule has 96 valence electrons. The number of nitrogens with one attached hydrogen (secondary N) is 1. The average molecular weight is 239 g/mol. The molecule has 0 aromatic rings. The molecule has 0 radical (unpaired) electrons. The van der Waals surface area contributed by atoms with Crippen LogP contribution in [0, 0.1) is 11.8 Å². The third-order valence-corrected chi connectivity index (χ3v) is 4.13. The van der Waals surface area contributed by atoms with E-state index in [0.29, 0.717) is 5.92 Å². The van der Waals surface area contributed by atoms with Gasteiger partial charge in [0, 0.05) is 18.4 Å². The van der Waals surface area contributed by atoms with Crippen LogP contribution in [0.3, 0.4) is 0 Å². The number of amides is 1. The van der Waals surface area contributed by atoms with Crippen LogP contribution >= 0.6 is 0 Å². The van der Waals surface area contributed by atoms with Crippen LogP contribution in [0.25, 0.3) is 0 Å². The number of hydrogen-bond acceptors (Lipinski definition) is 2. The molecule has 0 aromatic heterocycles. The van der Waals surface area contributed by atoms with Gasteiger partial charge in [-0.1, -0.05) is 6.42 Å². The Morgan fingerprint density at radius 2 is 1.71 bits per heavy atom. The SMILES string of the molecule is O=C(O)CC1CCC(NC(=O)C2CCC2)CC1. The summed E-state index contributed by atoms with van der Waals surface area (Å²) in [6.45, 7) is 0. The fourth-order valence-corrected chi connectivity index (χ4v) is 2.75. The van der Waals surface area contributed by atoms with Gasteiger partial charge in [-0.15, -0.1) is 0 Å². The quantitative estimate of drug-likeness (QED) is 0.787. The topological polar surface area (TPSA) is 66.4 Å².